The summed E-state index contributed by atoms with van der Waals surface area (Å²) in [6, 6.07) is 8.22. The lowest BCUT2D eigenvalue weighted by Gasteiger charge is -2.36. The Bertz CT molecular complexity index is 1130. The van der Waals surface area contributed by atoms with Gasteiger partial charge in [0.15, 0.2) is 0 Å². The zero-order chi connectivity index (χ0) is 24.9. The average Bonchev–Trinajstić information content (AvgIpc) is 3.39. The van der Waals surface area contributed by atoms with Gasteiger partial charge in [0.25, 0.3) is 17.7 Å². The van der Waals surface area contributed by atoms with Gasteiger partial charge in [-0.25, -0.2) is 8.78 Å². The van der Waals surface area contributed by atoms with Crippen molar-refractivity contribution in [3.05, 3.63) is 35.5 Å². The quantitative estimate of drug-likeness (QED) is 0.604. The molecule has 3 saturated heterocycles. The number of fused-ring (bicyclic) bond motifs is 1. The second kappa shape index (κ2) is 9.43. The van der Waals surface area contributed by atoms with Crippen LogP contribution in [-0.2, 0) is 6.54 Å². The highest BCUT2D eigenvalue weighted by molar-refractivity contribution is 6.02. The number of aromatic nitrogens is 1. The number of halogens is 2. The van der Waals surface area contributed by atoms with Gasteiger partial charge in [-0.05, 0) is 81.8 Å². The summed E-state index contributed by atoms with van der Waals surface area (Å²) < 4.78 is 29.4. The van der Waals surface area contributed by atoms with Crippen LogP contribution in [0.2, 0.25) is 0 Å². The lowest BCUT2D eigenvalue weighted by Crippen LogP contribution is -2.45. The summed E-state index contributed by atoms with van der Waals surface area (Å²) in [7, 11) is 0. The Labute approximate surface area is 211 Å². The number of carbonyl (C=O) groups is 2. The summed E-state index contributed by atoms with van der Waals surface area (Å²) in [5, 5.41) is 0.874. The van der Waals surface area contributed by atoms with Gasteiger partial charge in [0, 0.05) is 68.1 Å². The minimum absolute atomic E-state index is 0.0536. The Morgan fingerprint density at radius 2 is 1.50 bits per heavy atom. The van der Waals surface area contributed by atoms with Crippen molar-refractivity contribution in [2.45, 2.75) is 69.9 Å². The van der Waals surface area contributed by atoms with E-state index in [0.717, 1.165) is 56.2 Å². The van der Waals surface area contributed by atoms with Crippen LogP contribution in [0.15, 0.2) is 24.3 Å². The molecule has 0 bridgehead atoms. The van der Waals surface area contributed by atoms with Crippen molar-refractivity contribution in [3.63, 3.8) is 0 Å². The number of amides is 2. The molecule has 1 saturated carbocycles. The number of piperidine rings is 2. The molecule has 1 aromatic carbocycles. The normalized spacial score (nSPS) is 23.5. The fraction of sp³-hybridized carbons (Fsp3) is 0.643. The van der Waals surface area contributed by atoms with Crippen LogP contribution in [-0.4, -0.2) is 82.3 Å². The number of rotatable bonds is 5. The van der Waals surface area contributed by atoms with Gasteiger partial charge < -0.3 is 19.3 Å². The van der Waals surface area contributed by atoms with Crippen LogP contribution in [0, 0.1) is 5.92 Å². The molecule has 4 aliphatic rings. The second-order valence-corrected chi connectivity index (χ2v) is 11.3. The first-order chi connectivity index (χ1) is 17.4. The third kappa shape index (κ3) is 4.76. The minimum atomic E-state index is -2.68. The standard InChI is InChI=1S/C28H36F2N4O2/c29-28(30)9-15-33(16-10-28)27(36)25-18-22-17-21(5-6-24(22)34(25)19-20-3-4-20)26(35)32-13-7-23(8-14-32)31-11-1-2-12-31/h5-6,17-18,20,23H,1-4,7-16,19H2. The highest BCUT2D eigenvalue weighted by Gasteiger charge is 2.37. The van der Waals surface area contributed by atoms with Gasteiger partial charge in [-0.15, -0.1) is 0 Å². The van der Waals surface area contributed by atoms with Crippen molar-refractivity contribution < 1.29 is 18.4 Å². The number of likely N-dealkylation sites (tertiary alicyclic amines) is 3. The van der Waals surface area contributed by atoms with E-state index in [0.29, 0.717) is 23.2 Å². The van der Waals surface area contributed by atoms with Crippen molar-refractivity contribution >= 4 is 22.7 Å². The van der Waals surface area contributed by atoms with Gasteiger partial charge in [0.1, 0.15) is 5.69 Å². The van der Waals surface area contributed by atoms with E-state index in [4.69, 9.17) is 0 Å². The third-order valence-electron chi connectivity index (χ3n) is 8.70. The van der Waals surface area contributed by atoms with Gasteiger partial charge in [-0.3, -0.25) is 9.59 Å². The molecule has 0 spiro atoms. The van der Waals surface area contributed by atoms with Crippen LogP contribution in [0.1, 0.15) is 72.2 Å². The van der Waals surface area contributed by atoms with Crippen LogP contribution in [0.3, 0.4) is 0 Å². The SMILES string of the molecule is O=C(c1ccc2c(c1)cc(C(=O)N1CCC(F)(F)CC1)n2CC1CC1)N1CCC(N2CCCC2)CC1. The van der Waals surface area contributed by atoms with Crippen molar-refractivity contribution in [2.75, 3.05) is 39.3 Å². The predicted octanol–water partition coefficient (Wildman–Crippen LogP) is 4.62. The largest absolute Gasteiger partial charge is 0.339 e. The number of benzene rings is 1. The van der Waals surface area contributed by atoms with Crippen molar-refractivity contribution in [1.82, 2.24) is 19.3 Å². The summed E-state index contributed by atoms with van der Waals surface area (Å²) in [6.45, 7) is 4.85. The smallest absolute Gasteiger partial charge is 0.270 e. The fourth-order valence-electron chi connectivity index (χ4n) is 6.26. The fourth-order valence-corrected chi connectivity index (χ4v) is 6.26. The Morgan fingerprint density at radius 3 is 2.17 bits per heavy atom. The number of nitrogens with zero attached hydrogens (tertiary/aromatic N) is 4. The zero-order valence-electron chi connectivity index (χ0n) is 20.9. The lowest BCUT2D eigenvalue weighted by atomic mass is 10.0. The maximum absolute atomic E-state index is 13.7. The number of alkyl halides is 2. The van der Waals surface area contributed by atoms with Gasteiger partial charge in [0.2, 0.25) is 0 Å². The summed E-state index contributed by atoms with van der Waals surface area (Å²) in [5.74, 6) is -2.26. The molecule has 36 heavy (non-hydrogen) atoms. The Kier molecular flexibility index (Phi) is 6.26. The van der Waals surface area contributed by atoms with Crippen molar-refractivity contribution in [1.29, 1.82) is 0 Å². The first kappa shape index (κ1) is 23.9. The highest BCUT2D eigenvalue weighted by atomic mass is 19.3. The maximum Gasteiger partial charge on any atom is 0.270 e. The molecular weight excluding hydrogens is 462 g/mol. The van der Waals surface area contributed by atoms with E-state index < -0.39 is 5.92 Å². The maximum atomic E-state index is 13.7. The third-order valence-corrected chi connectivity index (χ3v) is 8.70. The molecule has 4 heterocycles. The van der Waals surface area contributed by atoms with E-state index >= 15 is 0 Å². The summed E-state index contributed by atoms with van der Waals surface area (Å²) in [6.07, 6.45) is 6.35. The zero-order valence-corrected chi connectivity index (χ0v) is 20.9. The molecule has 0 unspecified atom stereocenters. The molecule has 4 fully saturated rings. The number of carbonyl (C=O) groups excluding carboxylic acids is 2. The first-order valence-corrected chi connectivity index (χ1v) is 13.7. The minimum Gasteiger partial charge on any atom is -0.339 e. The van der Waals surface area contributed by atoms with E-state index in [1.807, 2.05) is 29.2 Å². The molecule has 1 aliphatic carbocycles. The Balaban J connectivity index is 1.21. The van der Waals surface area contributed by atoms with E-state index in [1.54, 1.807) is 4.90 Å². The highest BCUT2D eigenvalue weighted by Crippen LogP contribution is 2.35. The molecule has 1 aromatic heterocycles. The summed E-state index contributed by atoms with van der Waals surface area (Å²) >= 11 is 0. The Hall–Kier alpha value is -2.48. The summed E-state index contributed by atoms with van der Waals surface area (Å²) in [5.41, 5.74) is 2.15. The van der Waals surface area contributed by atoms with Crippen LogP contribution < -0.4 is 0 Å². The van der Waals surface area contributed by atoms with Gasteiger partial charge >= 0.3 is 0 Å². The van der Waals surface area contributed by atoms with E-state index in [-0.39, 0.29) is 37.7 Å². The van der Waals surface area contributed by atoms with E-state index in [1.165, 1.54) is 25.9 Å². The molecule has 2 aromatic rings. The average molecular weight is 499 g/mol. The number of hydrogen-bond donors (Lipinski definition) is 0. The van der Waals surface area contributed by atoms with Crippen LogP contribution in [0.4, 0.5) is 8.78 Å². The molecule has 0 atom stereocenters. The monoisotopic (exact) mass is 498 g/mol. The molecule has 2 amide bonds. The van der Waals surface area contributed by atoms with Gasteiger partial charge in [-0.2, -0.15) is 0 Å². The molecule has 6 nitrogen and oxygen atoms in total. The lowest BCUT2D eigenvalue weighted by molar-refractivity contribution is -0.0495. The van der Waals surface area contributed by atoms with Crippen LogP contribution >= 0.6 is 0 Å². The molecule has 0 N–H and O–H groups in total. The molecule has 8 heteroatoms. The van der Waals surface area contributed by atoms with E-state index in [9.17, 15) is 18.4 Å². The van der Waals surface area contributed by atoms with Crippen LogP contribution in [0.5, 0.6) is 0 Å². The Morgan fingerprint density at radius 1 is 0.833 bits per heavy atom. The van der Waals surface area contributed by atoms with Crippen molar-refractivity contribution in [2.24, 2.45) is 5.92 Å². The molecule has 6 rings (SSSR count). The first-order valence-electron chi connectivity index (χ1n) is 13.7. The topological polar surface area (TPSA) is 48.8 Å². The molecule has 0 radical (unpaired) electrons. The summed E-state index contributed by atoms with van der Waals surface area (Å²) in [4.78, 5) is 32.9. The molecular formula is C28H36F2N4O2. The van der Waals surface area contributed by atoms with Crippen molar-refractivity contribution in [3.8, 4) is 0 Å². The number of hydrogen-bond acceptors (Lipinski definition) is 3. The predicted molar refractivity (Wildman–Crippen MR) is 134 cm³/mol. The van der Waals surface area contributed by atoms with Crippen LogP contribution in [0.25, 0.3) is 10.9 Å². The van der Waals surface area contributed by atoms with E-state index in [2.05, 4.69) is 9.47 Å². The molecule has 194 valence electrons. The van der Waals surface area contributed by atoms with Gasteiger partial charge in [0.05, 0.1) is 0 Å². The molecule has 3 aliphatic heterocycles. The second-order valence-electron chi connectivity index (χ2n) is 11.3. The van der Waals surface area contributed by atoms with Gasteiger partial charge in [-0.1, -0.05) is 0 Å².